The lowest BCUT2D eigenvalue weighted by Gasteiger charge is -2.16. The Morgan fingerprint density at radius 1 is 1.00 bits per heavy atom. The van der Waals surface area contributed by atoms with Crippen molar-refractivity contribution in [3.63, 3.8) is 0 Å². The number of nitrogens with zero attached hydrogens (tertiary/aromatic N) is 2. The quantitative estimate of drug-likeness (QED) is 0.785. The lowest BCUT2D eigenvalue weighted by molar-refractivity contribution is 0.157. The van der Waals surface area contributed by atoms with Crippen LogP contribution in [0, 0.1) is 0 Å². The van der Waals surface area contributed by atoms with E-state index < -0.39 is 6.10 Å². The number of hydrogen-bond donors (Lipinski definition) is 1. The Labute approximate surface area is 118 Å². The molecule has 0 fully saturated rings. The van der Waals surface area contributed by atoms with E-state index in [1.807, 2.05) is 53.2 Å². The van der Waals surface area contributed by atoms with Crippen LogP contribution in [0.1, 0.15) is 11.7 Å². The molecular weight excluding hydrogens is 248 g/mol. The lowest BCUT2D eigenvalue weighted by Crippen LogP contribution is -2.08. The zero-order valence-electron chi connectivity index (χ0n) is 11.1. The van der Waals surface area contributed by atoms with Gasteiger partial charge in [0.15, 0.2) is 0 Å². The number of aliphatic hydroxyl groups is 1. The van der Waals surface area contributed by atoms with E-state index in [-0.39, 0.29) is 0 Å². The van der Waals surface area contributed by atoms with Gasteiger partial charge in [0.05, 0.1) is 19.0 Å². The van der Waals surface area contributed by atoms with Gasteiger partial charge in [-0.2, -0.15) is 0 Å². The van der Waals surface area contributed by atoms with E-state index in [4.69, 9.17) is 0 Å². The van der Waals surface area contributed by atoms with Crippen molar-refractivity contribution in [3.05, 3.63) is 78.9 Å². The van der Waals surface area contributed by atoms with Gasteiger partial charge >= 0.3 is 0 Å². The van der Waals surface area contributed by atoms with Crippen molar-refractivity contribution in [2.45, 2.75) is 12.6 Å². The van der Waals surface area contributed by atoms with Gasteiger partial charge in [0.2, 0.25) is 0 Å². The lowest BCUT2D eigenvalue weighted by atomic mass is 9.96. The third-order valence-electron chi connectivity index (χ3n) is 3.35. The summed E-state index contributed by atoms with van der Waals surface area (Å²) in [7, 11) is 0. The van der Waals surface area contributed by atoms with Crippen LogP contribution in [-0.4, -0.2) is 14.7 Å². The molecule has 1 atom stereocenters. The molecule has 1 aromatic heterocycles. The van der Waals surface area contributed by atoms with Crippen LogP contribution in [0.4, 0.5) is 0 Å². The Morgan fingerprint density at radius 2 is 1.75 bits per heavy atom. The SMILES string of the molecule is OC(Cn1ccnc1)c1ccccc1-c1ccccc1. The first kappa shape index (κ1) is 12.6. The minimum absolute atomic E-state index is 0.504. The van der Waals surface area contributed by atoms with E-state index >= 15 is 0 Å². The van der Waals surface area contributed by atoms with E-state index in [2.05, 4.69) is 17.1 Å². The molecule has 100 valence electrons. The van der Waals surface area contributed by atoms with Crippen molar-refractivity contribution in [1.29, 1.82) is 0 Å². The van der Waals surface area contributed by atoms with Crippen molar-refractivity contribution in [3.8, 4) is 11.1 Å². The third-order valence-corrected chi connectivity index (χ3v) is 3.35. The topological polar surface area (TPSA) is 38.0 Å². The minimum atomic E-state index is -0.555. The highest BCUT2D eigenvalue weighted by Crippen LogP contribution is 2.28. The molecule has 1 heterocycles. The summed E-state index contributed by atoms with van der Waals surface area (Å²) in [4.78, 5) is 4.00. The number of aromatic nitrogens is 2. The van der Waals surface area contributed by atoms with Gasteiger partial charge in [0, 0.05) is 12.4 Å². The number of hydrogen-bond acceptors (Lipinski definition) is 2. The molecule has 0 aliphatic carbocycles. The average molecular weight is 264 g/mol. The van der Waals surface area contributed by atoms with Crippen molar-refractivity contribution >= 4 is 0 Å². The molecule has 0 saturated carbocycles. The van der Waals surface area contributed by atoms with Gasteiger partial charge < -0.3 is 9.67 Å². The number of imidazole rings is 1. The molecule has 0 radical (unpaired) electrons. The largest absolute Gasteiger partial charge is 0.387 e. The predicted molar refractivity (Wildman–Crippen MR) is 79.1 cm³/mol. The van der Waals surface area contributed by atoms with Crippen molar-refractivity contribution in [2.24, 2.45) is 0 Å². The molecule has 0 aliphatic heterocycles. The zero-order valence-corrected chi connectivity index (χ0v) is 11.1. The fraction of sp³-hybridized carbons (Fsp3) is 0.118. The molecule has 0 saturated heterocycles. The summed E-state index contributed by atoms with van der Waals surface area (Å²) in [6, 6.07) is 18.1. The van der Waals surface area contributed by atoms with Crippen LogP contribution in [0.15, 0.2) is 73.3 Å². The third kappa shape index (κ3) is 2.63. The predicted octanol–water partition coefficient (Wildman–Crippen LogP) is 3.28. The zero-order chi connectivity index (χ0) is 13.8. The Morgan fingerprint density at radius 3 is 2.50 bits per heavy atom. The molecule has 0 bridgehead atoms. The minimum Gasteiger partial charge on any atom is -0.387 e. The van der Waals surface area contributed by atoms with Crippen molar-refractivity contribution < 1.29 is 5.11 Å². The summed E-state index contributed by atoms with van der Waals surface area (Å²) in [5.41, 5.74) is 3.13. The summed E-state index contributed by atoms with van der Waals surface area (Å²) in [5.74, 6) is 0. The van der Waals surface area contributed by atoms with Crippen LogP contribution >= 0.6 is 0 Å². The summed E-state index contributed by atoms with van der Waals surface area (Å²) < 4.78 is 1.88. The molecular formula is C17H16N2O. The summed E-state index contributed by atoms with van der Waals surface area (Å²) in [5, 5.41) is 10.5. The molecule has 1 unspecified atom stereocenters. The highest BCUT2D eigenvalue weighted by molar-refractivity contribution is 5.67. The normalized spacial score (nSPS) is 12.2. The second kappa shape index (κ2) is 5.72. The van der Waals surface area contributed by atoms with Crippen LogP contribution in [0.25, 0.3) is 11.1 Å². The van der Waals surface area contributed by atoms with Crippen molar-refractivity contribution in [2.75, 3.05) is 0 Å². The van der Waals surface area contributed by atoms with Gasteiger partial charge in [0.1, 0.15) is 0 Å². The van der Waals surface area contributed by atoms with Crippen LogP contribution < -0.4 is 0 Å². The molecule has 3 nitrogen and oxygen atoms in total. The first-order valence-corrected chi connectivity index (χ1v) is 6.63. The van der Waals surface area contributed by atoms with E-state index in [1.165, 1.54) is 0 Å². The van der Waals surface area contributed by atoms with E-state index in [0.717, 1.165) is 16.7 Å². The number of rotatable bonds is 4. The van der Waals surface area contributed by atoms with Crippen LogP contribution in [0.5, 0.6) is 0 Å². The van der Waals surface area contributed by atoms with Crippen molar-refractivity contribution in [1.82, 2.24) is 9.55 Å². The fourth-order valence-corrected chi connectivity index (χ4v) is 2.36. The van der Waals surface area contributed by atoms with Gasteiger partial charge in [-0.05, 0) is 16.7 Å². The van der Waals surface area contributed by atoms with Gasteiger partial charge in [0.25, 0.3) is 0 Å². The molecule has 1 N–H and O–H groups in total. The van der Waals surface area contributed by atoms with E-state index in [0.29, 0.717) is 6.54 Å². The Hall–Kier alpha value is -2.39. The maximum atomic E-state index is 10.5. The Bertz CT molecular complexity index is 662. The first-order valence-electron chi connectivity index (χ1n) is 6.63. The highest BCUT2D eigenvalue weighted by Gasteiger charge is 2.13. The molecule has 3 aromatic rings. The molecule has 20 heavy (non-hydrogen) atoms. The van der Waals surface area contributed by atoms with Gasteiger partial charge in [-0.15, -0.1) is 0 Å². The molecule has 2 aromatic carbocycles. The monoisotopic (exact) mass is 264 g/mol. The highest BCUT2D eigenvalue weighted by atomic mass is 16.3. The molecule has 0 aliphatic rings. The number of benzene rings is 2. The standard InChI is InChI=1S/C17H16N2O/c20-17(12-19-11-10-18-13-19)16-9-5-4-8-15(16)14-6-2-1-3-7-14/h1-11,13,17,20H,12H2. The molecule has 0 spiro atoms. The maximum Gasteiger partial charge on any atom is 0.0975 e. The molecule has 3 rings (SSSR count). The van der Waals surface area contributed by atoms with Gasteiger partial charge in [-0.1, -0.05) is 54.6 Å². The van der Waals surface area contributed by atoms with E-state index in [1.54, 1.807) is 12.5 Å². The molecule has 0 amide bonds. The number of aliphatic hydroxyl groups excluding tert-OH is 1. The Balaban J connectivity index is 1.93. The van der Waals surface area contributed by atoms with Crippen LogP contribution in [0.3, 0.4) is 0 Å². The van der Waals surface area contributed by atoms with Gasteiger partial charge in [-0.25, -0.2) is 4.98 Å². The van der Waals surface area contributed by atoms with Crippen LogP contribution in [-0.2, 0) is 6.54 Å². The second-order valence-corrected chi connectivity index (χ2v) is 4.73. The van der Waals surface area contributed by atoms with Crippen LogP contribution in [0.2, 0.25) is 0 Å². The average Bonchev–Trinajstić information content (AvgIpc) is 3.01. The summed E-state index contributed by atoms with van der Waals surface area (Å²) in [6.07, 6.45) is 4.74. The summed E-state index contributed by atoms with van der Waals surface area (Å²) >= 11 is 0. The maximum absolute atomic E-state index is 10.5. The second-order valence-electron chi connectivity index (χ2n) is 4.73. The van der Waals surface area contributed by atoms with E-state index in [9.17, 15) is 5.11 Å². The molecule has 3 heteroatoms. The first-order chi connectivity index (χ1) is 9.84. The van der Waals surface area contributed by atoms with Gasteiger partial charge in [-0.3, -0.25) is 0 Å². The Kier molecular flexibility index (Phi) is 3.61. The smallest absolute Gasteiger partial charge is 0.0975 e. The fourth-order valence-electron chi connectivity index (χ4n) is 2.36. The summed E-state index contributed by atoms with van der Waals surface area (Å²) in [6.45, 7) is 0.504.